The second-order valence-electron chi connectivity index (χ2n) is 4.88. The molecule has 4 nitrogen and oxygen atoms in total. The van der Waals surface area contributed by atoms with Crippen molar-refractivity contribution >= 4 is 23.6 Å². The second-order valence-corrected chi connectivity index (χ2v) is 4.88. The molecule has 0 unspecified atom stereocenters. The second kappa shape index (κ2) is 7.41. The Hall–Kier alpha value is -2.62. The van der Waals surface area contributed by atoms with Gasteiger partial charge in [-0.1, -0.05) is 18.2 Å². The van der Waals surface area contributed by atoms with Gasteiger partial charge in [-0.05, 0) is 49.7 Å². The lowest BCUT2D eigenvalue weighted by atomic mass is 10.2. The summed E-state index contributed by atoms with van der Waals surface area (Å²) in [7, 11) is 0. The number of rotatable bonds is 6. The summed E-state index contributed by atoms with van der Waals surface area (Å²) in [5.41, 5.74) is 3.05. The molecule has 0 saturated carbocycles. The largest absolute Gasteiger partial charge is 0.478 e. The van der Waals surface area contributed by atoms with Crippen molar-refractivity contribution < 1.29 is 9.90 Å². The number of hydrogen-bond acceptors (Lipinski definition) is 3. The molecule has 0 heterocycles. The van der Waals surface area contributed by atoms with Crippen LogP contribution in [0.15, 0.2) is 53.5 Å². The zero-order valence-electron chi connectivity index (χ0n) is 12.9. The van der Waals surface area contributed by atoms with Crippen LogP contribution in [-0.4, -0.2) is 30.4 Å². The Morgan fingerprint density at radius 2 is 1.82 bits per heavy atom. The molecule has 114 valence electrons. The summed E-state index contributed by atoms with van der Waals surface area (Å²) < 4.78 is 0. The normalized spacial score (nSPS) is 10.8. The van der Waals surface area contributed by atoms with Crippen molar-refractivity contribution in [3.63, 3.8) is 0 Å². The number of anilines is 1. The van der Waals surface area contributed by atoms with Gasteiger partial charge in [-0.15, -0.1) is 0 Å². The van der Waals surface area contributed by atoms with Gasteiger partial charge in [-0.2, -0.15) is 0 Å². The summed E-state index contributed by atoms with van der Waals surface area (Å²) in [5.74, 6) is -0.944. The van der Waals surface area contributed by atoms with Crippen molar-refractivity contribution in [1.82, 2.24) is 0 Å². The highest BCUT2D eigenvalue weighted by Crippen LogP contribution is 2.16. The third kappa shape index (κ3) is 3.95. The topological polar surface area (TPSA) is 52.9 Å². The fraction of sp³-hybridized carbons (Fsp3) is 0.222. The number of carboxylic acid groups (broad SMARTS) is 1. The molecule has 0 radical (unpaired) electrons. The van der Waals surface area contributed by atoms with Crippen LogP contribution in [0.4, 0.5) is 11.4 Å². The van der Waals surface area contributed by atoms with E-state index in [1.165, 1.54) is 5.69 Å². The fourth-order valence-electron chi connectivity index (χ4n) is 2.23. The summed E-state index contributed by atoms with van der Waals surface area (Å²) in [6.07, 6.45) is 1.74. The van der Waals surface area contributed by atoms with Crippen LogP contribution < -0.4 is 4.90 Å². The van der Waals surface area contributed by atoms with Crippen molar-refractivity contribution in [1.29, 1.82) is 0 Å². The van der Waals surface area contributed by atoms with Crippen LogP contribution in [0.1, 0.15) is 29.8 Å². The van der Waals surface area contributed by atoms with Gasteiger partial charge in [0, 0.05) is 25.0 Å². The monoisotopic (exact) mass is 296 g/mol. The Balaban J connectivity index is 2.13. The lowest BCUT2D eigenvalue weighted by Crippen LogP contribution is -2.21. The van der Waals surface area contributed by atoms with E-state index in [1.807, 2.05) is 12.1 Å². The number of carboxylic acids is 1. The molecular weight excluding hydrogens is 276 g/mol. The average molecular weight is 296 g/mol. The van der Waals surface area contributed by atoms with Crippen LogP contribution in [-0.2, 0) is 0 Å². The fourth-order valence-corrected chi connectivity index (χ4v) is 2.23. The van der Waals surface area contributed by atoms with Crippen molar-refractivity contribution in [2.45, 2.75) is 13.8 Å². The molecule has 22 heavy (non-hydrogen) atoms. The van der Waals surface area contributed by atoms with Crippen molar-refractivity contribution in [2.24, 2.45) is 4.99 Å². The minimum Gasteiger partial charge on any atom is -0.478 e. The molecule has 0 saturated heterocycles. The van der Waals surface area contributed by atoms with Gasteiger partial charge in [0.05, 0.1) is 11.3 Å². The van der Waals surface area contributed by atoms with E-state index < -0.39 is 5.97 Å². The lowest BCUT2D eigenvalue weighted by molar-refractivity contribution is 0.0697. The summed E-state index contributed by atoms with van der Waals surface area (Å²) in [5, 5.41) is 8.97. The number of carbonyl (C=O) groups is 1. The predicted molar refractivity (Wildman–Crippen MR) is 90.7 cm³/mol. The molecule has 2 aromatic carbocycles. The van der Waals surface area contributed by atoms with Crippen molar-refractivity contribution in [3.8, 4) is 0 Å². The van der Waals surface area contributed by atoms with E-state index in [4.69, 9.17) is 5.11 Å². The van der Waals surface area contributed by atoms with Crippen LogP contribution in [0.25, 0.3) is 0 Å². The highest BCUT2D eigenvalue weighted by molar-refractivity contribution is 5.89. The highest BCUT2D eigenvalue weighted by Gasteiger charge is 2.02. The average Bonchev–Trinajstić information content (AvgIpc) is 2.55. The third-order valence-corrected chi connectivity index (χ3v) is 3.48. The number of nitrogens with zero attached hydrogens (tertiary/aromatic N) is 2. The Morgan fingerprint density at radius 1 is 1.14 bits per heavy atom. The van der Waals surface area contributed by atoms with E-state index in [0.29, 0.717) is 5.69 Å². The Kier molecular flexibility index (Phi) is 5.31. The predicted octanol–water partition coefficient (Wildman–Crippen LogP) is 3.98. The SMILES string of the molecule is CCN(CC)c1ccc(C=Nc2cccc(C(=O)O)c2)cc1. The Morgan fingerprint density at radius 3 is 2.41 bits per heavy atom. The van der Waals surface area contributed by atoms with Crippen LogP contribution in [0, 0.1) is 0 Å². The van der Waals surface area contributed by atoms with E-state index in [0.717, 1.165) is 18.7 Å². The van der Waals surface area contributed by atoms with Crippen LogP contribution in [0.2, 0.25) is 0 Å². The lowest BCUT2D eigenvalue weighted by Gasteiger charge is -2.20. The van der Waals surface area contributed by atoms with Crippen molar-refractivity contribution in [3.05, 3.63) is 59.7 Å². The Labute approximate surface area is 130 Å². The van der Waals surface area contributed by atoms with Gasteiger partial charge in [-0.25, -0.2) is 4.79 Å². The summed E-state index contributed by atoms with van der Waals surface area (Å²) in [6.45, 7) is 6.22. The van der Waals surface area contributed by atoms with Gasteiger partial charge in [0.25, 0.3) is 0 Å². The van der Waals surface area contributed by atoms with E-state index in [9.17, 15) is 4.79 Å². The van der Waals surface area contributed by atoms with Crippen LogP contribution in [0.5, 0.6) is 0 Å². The molecule has 2 rings (SSSR count). The molecule has 0 aliphatic rings. The standard InChI is InChI=1S/C18H20N2O2/c1-3-20(4-2)17-10-8-14(9-11-17)13-19-16-7-5-6-15(12-16)18(21)22/h5-13H,3-4H2,1-2H3,(H,21,22). The molecule has 0 fully saturated rings. The molecule has 0 aliphatic carbocycles. The summed E-state index contributed by atoms with van der Waals surface area (Å²) in [6, 6.07) is 14.8. The first kappa shape index (κ1) is 15.8. The number of aliphatic imine (C=N–C) groups is 1. The molecule has 0 aliphatic heterocycles. The molecule has 0 amide bonds. The van der Waals surface area contributed by atoms with E-state index in [2.05, 4.69) is 35.9 Å². The summed E-state index contributed by atoms with van der Waals surface area (Å²) >= 11 is 0. The number of benzene rings is 2. The smallest absolute Gasteiger partial charge is 0.335 e. The Bertz CT molecular complexity index is 659. The molecule has 0 aromatic heterocycles. The maximum atomic E-state index is 10.9. The maximum absolute atomic E-state index is 10.9. The molecule has 4 heteroatoms. The minimum absolute atomic E-state index is 0.242. The molecule has 0 spiro atoms. The van der Waals surface area contributed by atoms with E-state index in [-0.39, 0.29) is 5.56 Å². The number of aromatic carboxylic acids is 1. The molecule has 2 aromatic rings. The quantitative estimate of drug-likeness (QED) is 0.820. The van der Waals surface area contributed by atoms with Crippen LogP contribution >= 0.6 is 0 Å². The molecule has 1 N–H and O–H groups in total. The third-order valence-electron chi connectivity index (χ3n) is 3.48. The van der Waals surface area contributed by atoms with Crippen LogP contribution in [0.3, 0.4) is 0 Å². The van der Waals surface area contributed by atoms with Gasteiger partial charge >= 0.3 is 5.97 Å². The first-order valence-electron chi connectivity index (χ1n) is 7.36. The van der Waals surface area contributed by atoms with E-state index in [1.54, 1.807) is 30.5 Å². The first-order chi connectivity index (χ1) is 10.6. The zero-order valence-corrected chi connectivity index (χ0v) is 12.9. The van der Waals surface area contributed by atoms with Gasteiger partial charge in [-0.3, -0.25) is 4.99 Å². The molecule has 0 atom stereocenters. The zero-order chi connectivity index (χ0) is 15.9. The highest BCUT2D eigenvalue weighted by atomic mass is 16.4. The van der Waals surface area contributed by atoms with Gasteiger partial charge in [0.2, 0.25) is 0 Å². The van der Waals surface area contributed by atoms with Gasteiger partial charge in [0.15, 0.2) is 0 Å². The first-order valence-corrected chi connectivity index (χ1v) is 7.36. The minimum atomic E-state index is -0.944. The maximum Gasteiger partial charge on any atom is 0.335 e. The number of hydrogen-bond donors (Lipinski definition) is 1. The molecule has 0 bridgehead atoms. The van der Waals surface area contributed by atoms with Gasteiger partial charge in [0.1, 0.15) is 0 Å². The summed E-state index contributed by atoms with van der Waals surface area (Å²) in [4.78, 5) is 17.5. The van der Waals surface area contributed by atoms with Crippen molar-refractivity contribution in [2.75, 3.05) is 18.0 Å². The molecular formula is C18H20N2O2. The van der Waals surface area contributed by atoms with E-state index >= 15 is 0 Å². The van der Waals surface area contributed by atoms with Gasteiger partial charge < -0.3 is 10.0 Å².